The molecule has 1 amide bonds. The first-order valence-electron chi connectivity index (χ1n) is 8.01. The normalized spacial score (nSPS) is 14.7. The number of benzene rings is 1. The van der Waals surface area contributed by atoms with Crippen molar-refractivity contribution in [1.29, 1.82) is 0 Å². The number of rotatable bonds is 5. The summed E-state index contributed by atoms with van der Waals surface area (Å²) in [4.78, 5) is 24.1. The van der Waals surface area contributed by atoms with Crippen LogP contribution in [0.25, 0.3) is 0 Å². The monoisotopic (exact) mass is 328 g/mol. The summed E-state index contributed by atoms with van der Waals surface area (Å²) in [5.74, 6) is -1.31. The molecule has 2 aromatic rings. The number of carbonyl (C=O) groups is 2. The van der Waals surface area contributed by atoms with Crippen molar-refractivity contribution >= 4 is 11.9 Å². The van der Waals surface area contributed by atoms with E-state index in [0.29, 0.717) is 24.4 Å². The van der Waals surface area contributed by atoms with Crippen LogP contribution in [0.15, 0.2) is 36.4 Å². The molecule has 2 N–H and O–H groups in total. The molecular formula is C18H20N2O4. The standard InChI is InChI=1S/C18H20N2O4/c1-2-14(12-6-4-3-5-7-12)19-17(21)13-10-15(18(22)23)20-8-9-24-11-16(13)20/h3-7,10,14H,2,8-9,11H2,1H3,(H,19,21)(H,22,23). The highest BCUT2D eigenvalue weighted by molar-refractivity contribution is 5.99. The number of carboxylic acid groups (broad SMARTS) is 1. The van der Waals surface area contributed by atoms with E-state index >= 15 is 0 Å². The summed E-state index contributed by atoms with van der Waals surface area (Å²) in [5.41, 5.74) is 2.16. The maximum absolute atomic E-state index is 12.7. The molecule has 126 valence electrons. The van der Waals surface area contributed by atoms with Gasteiger partial charge in [0.2, 0.25) is 0 Å². The largest absolute Gasteiger partial charge is 0.477 e. The molecule has 0 spiro atoms. The van der Waals surface area contributed by atoms with Gasteiger partial charge in [0.05, 0.1) is 30.5 Å². The van der Waals surface area contributed by atoms with E-state index in [-0.39, 0.29) is 24.2 Å². The van der Waals surface area contributed by atoms with Crippen LogP contribution in [0.2, 0.25) is 0 Å². The molecule has 1 atom stereocenters. The number of fused-ring (bicyclic) bond motifs is 1. The van der Waals surface area contributed by atoms with E-state index in [4.69, 9.17) is 4.74 Å². The molecule has 0 radical (unpaired) electrons. The Morgan fingerprint density at radius 2 is 2.08 bits per heavy atom. The summed E-state index contributed by atoms with van der Waals surface area (Å²) < 4.78 is 7.06. The highest BCUT2D eigenvalue weighted by Crippen LogP contribution is 2.23. The van der Waals surface area contributed by atoms with Gasteiger partial charge in [-0.15, -0.1) is 0 Å². The third kappa shape index (κ3) is 3.05. The summed E-state index contributed by atoms with van der Waals surface area (Å²) >= 11 is 0. The first-order chi connectivity index (χ1) is 11.6. The Morgan fingerprint density at radius 3 is 2.75 bits per heavy atom. The van der Waals surface area contributed by atoms with Gasteiger partial charge in [0, 0.05) is 6.54 Å². The van der Waals surface area contributed by atoms with Gasteiger partial charge < -0.3 is 19.7 Å². The lowest BCUT2D eigenvalue weighted by molar-refractivity contribution is 0.0642. The molecule has 3 rings (SSSR count). The lowest BCUT2D eigenvalue weighted by Gasteiger charge is -2.20. The van der Waals surface area contributed by atoms with Crippen LogP contribution in [0.4, 0.5) is 0 Å². The van der Waals surface area contributed by atoms with Crippen LogP contribution in [-0.2, 0) is 17.9 Å². The van der Waals surface area contributed by atoms with Gasteiger partial charge in [-0.2, -0.15) is 0 Å². The van der Waals surface area contributed by atoms with Gasteiger partial charge in [-0.25, -0.2) is 4.79 Å². The van der Waals surface area contributed by atoms with Gasteiger partial charge in [-0.1, -0.05) is 37.3 Å². The van der Waals surface area contributed by atoms with Gasteiger partial charge in [-0.05, 0) is 18.1 Å². The fourth-order valence-electron chi connectivity index (χ4n) is 3.04. The number of hydrogen-bond donors (Lipinski definition) is 2. The summed E-state index contributed by atoms with van der Waals surface area (Å²) in [6.45, 7) is 3.14. The van der Waals surface area contributed by atoms with Crippen molar-refractivity contribution in [3.8, 4) is 0 Å². The lowest BCUT2D eigenvalue weighted by atomic mass is 10.0. The van der Waals surface area contributed by atoms with Crippen LogP contribution < -0.4 is 5.32 Å². The zero-order valence-corrected chi connectivity index (χ0v) is 13.5. The van der Waals surface area contributed by atoms with E-state index in [1.54, 1.807) is 4.57 Å². The quantitative estimate of drug-likeness (QED) is 0.884. The van der Waals surface area contributed by atoms with E-state index in [1.165, 1.54) is 6.07 Å². The molecule has 1 aromatic carbocycles. The fourth-order valence-corrected chi connectivity index (χ4v) is 3.04. The molecule has 0 fully saturated rings. The van der Waals surface area contributed by atoms with Gasteiger partial charge in [0.25, 0.3) is 5.91 Å². The minimum atomic E-state index is -1.03. The zero-order chi connectivity index (χ0) is 17.1. The smallest absolute Gasteiger partial charge is 0.352 e. The average Bonchev–Trinajstić information content (AvgIpc) is 3.00. The third-order valence-corrected chi connectivity index (χ3v) is 4.29. The van der Waals surface area contributed by atoms with Crippen LogP contribution >= 0.6 is 0 Å². The molecule has 0 aliphatic carbocycles. The van der Waals surface area contributed by atoms with Crippen molar-refractivity contribution in [2.75, 3.05) is 6.61 Å². The Bertz CT molecular complexity index is 752. The van der Waals surface area contributed by atoms with Crippen molar-refractivity contribution in [1.82, 2.24) is 9.88 Å². The highest BCUT2D eigenvalue weighted by atomic mass is 16.5. The maximum atomic E-state index is 12.7. The maximum Gasteiger partial charge on any atom is 0.352 e. The van der Waals surface area contributed by atoms with E-state index in [9.17, 15) is 14.7 Å². The molecule has 1 aliphatic rings. The van der Waals surface area contributed by atoms with Crippen molar-refractivity contribution in [3.05, 3.63) is 58.9 Å². The molecule has 0 saturated heterocycles. The number of carboxylic acids is 1. The van der Waals surface area contributed by atoms with E-state index in [0.717, 1.165) is 12.0 Å². The third-order valence-electron chi connectivity index (χ3n) is 4.29. The topological polar surface area (TPSA) is 80.6 Å². The minimum absolute atomic E-state index is 0.118. The molecule has 1 unspecified atom stereocenters. The minimum Gasteiger partial charge on any atom is -0.477 e. The molecule has 24 heavy (non-hydrogen) atoms. The van der Waals surface area contributed by atoms with Gasteiger partial charge in [0.15, 0.2) is 0 Å². The fraction of sp³-hybridized carbons (Fsp3) is 0.333. The number of carbonyl (C=O) groups excluding carboxylic acids is 1. The molecule has 2 heterocycles. The van der Waals surface area contributed by atoms with Crippen molar-refractivity contribution in [2.45, 2.75) is 32.5 Å². The van der Waals surface area contributed by atoms with E-state index < -0.39 is 5.97 Å². The number of aromatic nitrogens is 1. The number of amides is 1. The van der Waals surface area contributed by atoms with Crippen LogP contribution in [0.1, 0.15) is 51.5 Å². The van der Waals surface area contributed by atoms with Crippen LogP contribution in [0.3, 0.4) is 0 Å². The van der Waals surface area contributed by atoms with Crippen molar-refractivity contribution < 1.29 is 19.4 Å². The van der Waals surface area contributed by atoms with Crippen molar-refractivity contribution in [3.63, 3.8) is 0 Å². The van der Waals surface area contributed by atoms with Gasteiger partial charge in [-0.3, -0.25) is 4.79 Å². The zero-order valence-electron chi connectivity index (χ0n) is 13.5. The van der Waals surface area contributed by atoms with E-state index in [1.807, 2.05) is 37.3 Å². The molecule has 1 aliphatic heterocycles. The second-order valence-electron chi connectivity index (χ2n) is 5.74. The van der Waals surface area contributed by atoms with Crippen LogP contribution in [0, 0.1) is 0 Å². The van der Waals surface area contributed by atoms with E-state index in [2.05, 4.69) is 5.32 Å². The Morgan fingerprint density at radius 1 is 1.33 bits per heavy atom. The van der Waals surface area contributed by atoms with Gasteiger partial charge in [0.1, 0.15) is 5.69 Å². The van der Waals surface area contributed by atoms with Crippen LogP contribution in [-0.4, -0.2) is 28.2 Å². The molecule has 1 aromatic heterocycles. The molecule has 0 bridgehead atoms. The SMILES string of the molecule is CCC(NC(=O)c1cc(C(=O)O)n2c1COCC2)c1ccccc1. The van der Waals surface area contributed by atoms with Crippen molar-refractivity contribution in [2.24, 2.45) is 0 Å². The first kappa shape index (κ1) is 16.3. The molecule has 6 nitrogen and oxygen atoms in total. The number of ether oxygens (including phenoxy) is 1. The second-order valence-corrected chi connectivity index (χ2v) is 5.74. The predicted octanol–water partition coefficient (Wildman–Crippen LogP) is 2.60. The highest BCUT2D eigenvalue weighted by Gasteiger charge is 2.26. The Labute approximate surface area is 140 Å². The average molecular weight is 328 g/mol. The summed E-state index contributed by atoms with van der Waals surface area (Å²) in [7, 11) is 0. The number of hydrogen-bond acceptors (Lipinski definition) is 3. The molecule has 0 saturated carbocycles. The Hall–Kier alpha value is -2.60. The summed E-state index contributed by atoms with van der Waals surface area (Å²) in [6, 6.07) is 11.1. The summed E-state index contributed by atoms with van der Waals surface area (Å²) in [6.07, 6.45) is 0.744. The number of aromatic carboxylic acids is 1. The first-order valence-corrected chi connectivity index (χ1v) is 8.01. The Kier molecular flexibility index (Phi) is 4.66. The second kappa shape index (κ2) is 6.88. The predicted molar refractivity (Wildman–Crippen MR) is 88.0 cm³/mol. The molecular weight excluding hydrogens is 308 g/mol. The summed E-state index contributed by atoms with van der Waals surface area (Å²) in [5, 5.41) is 12.3. The van der Waals surface area contributed by atoms with Gasteiger partial charge >= 0.3 is 5.97 Å². The Balaban J connectivity index is 1.88. The number of nitrogens with zero attached hydrogens (tertiary/aromatic N) is 1. The molecule has 6 heteroatoms. The number of nitrogens with one attached hydrogen (secondary N) is 1. The lowest BCUT2D eigenvalue weighted by Crippen LogP contribution is -2.29. The van der Waals surface area contributed by atoms with Crippen LogP contribution in [0.5, 0.6) is 0 Å².